The molecule has 0 heterocycles. The molecule has 0 amide bonds. The Hall–Kier alpha value is -1.31. The number of halogens is 1. The molecule has 0 saturated heterocycles. The fraction of sp³-hybridized carbons (Fsp3) is 0.368. The average Bonchev–Trinajstić information content (AvgIpc) is 2.49. The smallest absolute Gasteiger partial charge is 0.0412 e. The third-order valence-electron chi connectivity index (χ3n) is 3.70. The lowest BCUT2D eigenvalue weighted by Crippen LogP contribution is -2.14. The minimum atomic E-state index is 0.559. The summed E-state index contributed by atoms with van der Waals surface area (Å²) >= 11 is 6.19. The molecule has 0 aliphatic heterocycles. The summed E-state index contributed by atoms with van der Waals surface area (Å²) in [6.07, 6.45) is 1.14. The summed E-state index contributed by atoms with van der Waals surface area (Å²) in [5.74, 6) is 0.559. The van der Waals surface area contributed by atoms with Crippen molar-refractivity contribution in [3.63, 3.8) is 0 Å². The molecule has 0 saturated carbocycles. The second-order valence-corrected chi connectivity index (χ2v) is 6.19. The topological polar surface area (TPSA) is 12.0 Å². The van der Waals surface area contributed by atoms with E-state index in [9.17, 15) is 0 Å². The maximum Gasteiger partial charge on any atom is 0.0412 e. The minimum absolute atomic E-state index is 0.559. The highest BCUT2D eigenvalue weighted by Crippen LogP contribution is 2.28. The zero-order valence-corrected chi connectivity index (χ0v) is 13.9. The van der Waals surface area contributed by atoms with E-state index in [2.05, 4.69) is 62.5 Å². The Morgan fingerprint density at radius 1 is 1.05 bits per heavy atom. The van der Waals surface area contributed by atoms with E-state index in [1.165, 1.54) is 22.3 Å². The van der Waals surface area contributed by atoms with Gasteiger partial charge in [-0.05, 0) is 53.3 Å². The quantitative estimate of drug-likeness (QED) is 0.682. The van der Waals surface area contributed by atoms with Gasteiger partial charge in [-0.1, -0.05) is 62.7 Å². The molecule has 0 unspecified atom stereocenters. The SMILES string of the molecule is CCCNCc1ccc(Cl)cc1-c1ccc(C(C)C)cc1. The Bertz CT molecular complexity index is 573. The molecule has 0 aliphatic rings. The molecule has 0 spiro atoms. The molecular formula is C19H24ClN. The fourth-order valence-corrected chi connectivity index (χ4v) is 2.59. The van der Waals surface area contributed by atoms with E-state index in [-0.39, 0.29) is 0 Å². The summed E-state index contributed by atoms with van der Waals surface area (Å²) in [7, 11) is 0. The van der Waals surface area contributed by atoms with Crippen LogP contribution < -0.4 is 5.32 Å². The molecule has 112 valence electrons. The van der Waals surface area contributed by atoms with E-state index in [0.29, 0.717) is 5.92 Å². The summed E-state index contributed by atoms with van der Waals surface area (Å²) in [5, 5.41) is 4.26. The molecule has 0 aliphatic carbocycles. The predicted octanol–water partition coefficient (Wildman–Crippen LogP) is 5.63. The van der Waals surface area contributed by atoms with Crippen LogP contribution in [0.5, 0.6) is 0 Å². The maximum absolute atomic E-state index is 6.19. The lowest BCUT2D eigenvalue weighted by molar-refractivity contribution is 0.676. The normalized spacial score (nSPS) is 11.1. The summed E-state index contributed by atoms with van der Waals surface area (Å²) in [6, 6.07) is 15.0. The first-order valence-corrected chi connectivity index (χ1v) is 8.09. The Labute approximate surface area is 133 Å². The van der Waals surface area contributed by atoms with Crippen LogP contribution in [0.15, 0.2) is 42.5 Å². The van der Waals surface area contributed by atoms with Crippen molar-refractivity contribution in [1.82, 2.24) is 5.32 Å². The molecule has 0 radical (unpaired) electrons. The summed E-state index contributed by atoms with van der Waals surface area (Å²) in [5.41, 5.74) is 5.12. The maximum atomic E-state index is 6.19. The van der Waals surface area contributed by atoms with Crippen molar-refractivity contribution in [2.45, 2.75) is 39.7 Å². The number of benzene rings is 2. The van der Waals surface area contributed by atoms with E-state index in [4.69, 9.17) is 11.6 Å². The standard InChI is InChI=1S/C19H24ClN/c1-4-11-21-13-17-9-10-18(20)12-19(17)16-7-5-15(6-8-16)14(2)3/h5-10,12,14,21H,4,11,13H2,1-3H3. The Morgan fingerprint density at radius 2 is 1.76 bits per heavy atom. The van der Waals surface area contributed by atoms with Gasteiger partial charge in [0.1, 0.15) is 0 Å². The van der Waals surface area contributed by atoms with Gasteiger partial charge in [-0.25, -0.2) is 0 Å². The number of rotatable bonds is 6. The van der Waals surface area contributed by atoms with Crippen LogP contribution >= 0.6 is 11.6 Å². The zero-order chi connectivity index (χ0) is 15.2. The van der Waals surface area contributed by atoms with Crippen LogP contribution in [-0.2, 0) is 6.54 Å². The average molecular weight is 302 g/mol. The van der Waals surface area contributed by atoms with Gasteiger partial charge in [0.2, 0.25) is 0 Å². The molecular weight excluding hydrogens is 278 g/mol. The molecule has 1 N–H and O–H groups in total. The molecule has 0 fully saturated rings. The van der Waals surface area contributed by atoms with E-state index in [0.717, 1.165) is 24.5 Å². The van der Waals surface area contributed by atoms with Gasteiger partial charge in [0.15, 0.2) is 0 Å². The van der Waals surface area contributed by atoms with Crippen LogP contribution in [0.25, 0.3) is 11.1 Å². The van der Waals surface area contributed by atoms with E-state index in [1.807, 2.05) is 6.07 Å². The first-order chi connectivity index (χ1) is 10.1. The Morgan fingerprint density at radius 3 is 2.38 bits per heavy atom. The zero-order valence-electron chi connectivity index (χ0n) is 13.1. The molecule has 0 atom stereocenters. The van der Waals surface area contributed by atoms with Crippen molar-refractivity contribution < 1.29 is 0 Å². The lowest BCUT2D eigenvalue weighted by Gasteiger charge is -2.13. The van der Waals surface area contributed by atoms with Crippen molar-refractivity contribution in [2.24, 2.45) is 0 Å². The highest BCUT2D eigenvalue weighted by Gasteiger charge is 2.07. The molecule has 2 aromatic carbocycles. The molecule has 0 bridgehead atoms. The second kappa shape index (κ2) is 7.63. The summed E-state index contributed by atoms with van der Waals surface area (Å²) in [6.45, 7) is 8.53. The number of hydrogen-bond donors (Lipinski definition) is 1. The Balaban J connectivity index is 2.30. The predicted molar refractivity (Wildman–Crippen MR) is 93.0 cm³/mol. The van der Waals surface area contributed by atoms with Crippen LogP contribution in [-0.4, -0.2) is 6.54 Å². The number of nitrogens with one attached hydrogen (secondary N) is 1. The van der Waals surface area contributed by atoms with Crippen LogP contribution in [0.2, 0.25) is 5.02 Å². The highest BCUT2D eigenvalue weighted by molar-refractivity contribution is 6.30. The third kappa shape index (κ3) is 4.33. The summed E-state index contributed by atoms with van der Waals surface area (Å²) < 4.78 is 0. The molecule has 2 heteroatoms. The Kier molecular flexibility index (Phi) is 5.84. The molecule has 21 heavy (non-hydrogen) atoms. The fourth-order valence-electron chi connectivity index (χ4n) is 2.42. The first kappa shape index (κ1) is 16.1. The van der Waals surface area contributed by atoms with Crippen molar-refractivity contribution in [1.29, 1.82) is 0 Å². The van der Waals surface area contributed by atoms with Gasteiger partial charge in [0.25, 0.3) is 0 Å². The van der Waals surface area contributed by atoms with Gasteiger partial charge in [-0.3, -0.25) is 0 Å². The second-order valence-electron chi connectivity index (χ2n) is 5.75. The first-order valence-electron chi connectivity index (χ1n) is 7.71. The van der Waals surface area contributed by atoms with Crippen LogP contribution in [0.1, 0.15) is 44.2 Å². The van der Waals surface area contributed by atoms with Gasteiger partial charge in [0, 0.05) is 11.6 Å². The monoisotopic (exact) mass is 301 g/mol. The van der Waals surface area contributed by atoms with Gasteiger partial charge in [-0.15, -0.1) is 0 Å². The molecule has 2 aromatic rings. The molecule has 2 rings (SSSR count). The number of hydrogen-bond acceptors (Lipinski definition) is 1. The lowest BCUT2D eigenvalue weighted by atomic mass is 9.96. The van der Waals surface area contributed by atoms with Gasteiger partial charge in [0.05, 0.1) is 0 Å². The van der Waals surface area contributed by atoms with Crippen LogP contribution in [0, 0.1) is 0 Å². The van der Waals surface area contributed by atoms with Crippen molar-refractivity contribution in [3.05, 3.63) is 58.6 Å². The highest BCUT2D eigenvalue weighted by atomic mass is 35.5. The van der Waals surface area contributed by atoms with Crippen molar-refractivity contribution in [2.75, 3.05) is 6.54 Å². The van der Waals surface area contributed by atoms with E-state index < -0.39 is 0 Å². The van der Waals surface area contributed by atoms with Gasteiger partial charge >= 0.3 is 0 Å². The largest absolute Gasteiger partial charge is 0.313 e. The van der Waals surface area contributed by atoms with Gasteiger partial charge < -0.3 is 5.32 Å². The third-order valence-corrected chi connectivity index (χ3v) is 3.94. The van der Waals surface area contributed by atoms with Crippen LogP contribution in [0.3, 0.4) is 0 Å². The molecule has 0 aromatic heterocycles. The van der Waals surface area contributed by atoms with E-state index >= 15 is 0 Å². The van der Waals surface area contributed by atoms with Crippen molar-refractivity contribution >= 4 is 11.6 Å². The van der Waals surface area contributed by atoms with Crippen molar-refractivity contribution in [3.8, 4) is 11.1 Å². The van der Waals surface area contributed by atoms with Gasteiger partial charge in [-0.2, -0.15) is 0 Å². The summed E-state index contributed by atoms with van der Waals surface area (Å²) in [4.78, 5) is 0. The van der Waals surface area contributed by atoms with Crippen LogP contribution in [0.4, 0.5) is 0 Å². The minimum Gasteiger partial charge on any atom is -0.313 e. The molecule has 1 nitrogen and oxygen atoms in total. The van der Waals surface area contributed by atoms with E-state index in [1.54, 1.807) is 0 Å².